The first kappa shape index (κ1) is 15.7. The Bertz CT molecular complexity index is 706. The zero-order valence-electron chi connectivity index (χ0n) is 13.9. The predicted molar refractivity (Wildman–Crippen MR) is 88.7 cm³/mol. The number of likely N-dealkylation sites (tertiary alicyclic amines) is 1. The van der Waals surface area contributed by atoms with Crippen molar-refractivity contribution >= 4 is 5.91 Å². The van der Waals surface area contributed by atoms with Crippen LogP contribution in [0, 0.1) is 19.8 Å². The number of benzene rings is 1. The van der Waals surface area contributed by atoms with Gasteiger partial charge in [0.05, 0.1) is 17.5 Å². The summed E-state index contributed by atoms with van der Waals surface area (Å²) < 4.78 is 1.87. The summed E-state index contributed by atoms with van der Waals surface area (Å²) in [6.07, 6.45) is 0.415. The molecular formula is C18H23N3O2. The third-order valence-corrected chi connectivity index (χ3v) is 4.57. The van der Waals surface area contributed by atoms with Crippen LogP contribution < -0.4 is 0 Å². The summed E-state index contributed by atoms with van der Waals surface area (Å²) in [5, 5.41) is 14.4. The van der Waals surface area contributed by atoms with Crippen LogP contribution in [0.3, 0.4) is 0 Å². The summed E-state index contributed by atoms with van der Waals surface area (Å²) in [6, 6.07) is 9.51. The van der Waals surface area contributed by atoms with E-state index in [9.17, 15) is 9.90 Å². The first-order valence-corrected chi connectivity index (χ1v) is 8.07. The molecule has 1 N–H and O–H groups in total. The highest BCUT2D eigenvalue weighted by Crippen LogP contribution is 2.20. The van der Waals surface area contributed by atoms with Gasteiger partial charge in [-0.3, -0.25) is 4.79 Å². The Kier molecular flexibility index (Phi) is 4.22. The van der Waals surface area contributed by atoms with Crippen molar-refractivity contribution in [3.8, 4) is 5.69 Å². The highest BCUT2D eigenvalue weighted by Gasteiger charge is 2.27. The number of hydrogen-bond donors (Lipinski definition) is 1. The number of carbonyl (C=O) groups is 1. The number of carbonyl (C=O) groups excluding carboxylic acids is 1. The maximum absolute atomic E-state index is 12.6. The number of β-amino-alcohol motifs (C(OH)–C–C–N with tert-alkyl or cyclic N) is 1. The lowest BCUT2D eigenvalue weighted by Gasteiger charge is -2.34. The molecule has 1 aromatic heterocycles. The molecule has 2 unspecified atom stereocenters. The highest BCUT2D eigenvalue weighted by molar-refractivity contribution is 5.94. The van der Waals surface area contributed by atoms with Crippen molar-refractivity contribution in [2.45, 2.75) is 33.3 Å². The molecule has 1 saturated heterocycles. The van der Waals surface area contributed by atoms with E-state index in [1.165, 1.54) is 0 Å². The van der Waals surface area contributed by atoms with Gasteiger partial charge in [-0.25, -0.2) is 4.68 Å². The van der Waals surface area contributed by atoms with Crippen molar-refractivity contribution in [3.05, 3.63) is 47.3 Å². The zero-order chi connectivity index (χ0) is 16.6. The fourth-order valence-corrected chi connectivity index (χ4v) is 3.05. The molecule has 122 valence electrons. The lowest BCUT2D eigenvalue weighted by atomic mass is 9.95. The first-order valence-electron chi connectivity index (χ1n) is 8.07. The van der Waals surface area contributed by atoms with Gasteiger partial charge in [0.1, 0.15) is 0 Å². The molecule has 0 bridgehead atoms. The summed E-state index contributed by atoms with van der Waals surface area (Å²) in [6.45, 7) is 7.12. The summed E-state index contributed by atoms with van der Waals surface area (Å²) in [4.78, 5) is 14.3. The van der Waals surface area contributed by atoms with Gasteiger partial charge in [-0.1, -0.05) is 6.92 Å². The Morgan fingerprint density at radius 1 is 1.26 bits per heavy atom. The molecule has 5 heteroatoms. The van der Waals surface area contributed by atoms with Crippen LogP contribution in [0.5, 0.6) is 0 Å². The minimum Gasteiger partial charge on any atom is -0.391 e. The van der Waals surface area contributed by atoms with Crippen LogP contribution in [0.2, 0.25) is 0 Å². The fraction of sp³-hybridized carbons (Fsp3) is 0.444. The quantitative estimate of drug-likeness (QED) is 0.926. The first-order chi connectivity index (χ1) is 11.0. The van der Waals surface area contributed by atoms with Gasteiger partial charge in [-0.05, 0) is 56.5 Å². The molecule has 2 atom stereocenters. The van der Waals surface area contributed by atoms with Crippen LogP contribution in [0.4, 0.5) is 0 Å². The molecule has 3 rings (SSSR count). The molecule has 1 aromatic carbocycles. The van der Waals surface area contributed by atoms with E-state index in [0.29, 0.717) is 18.7 Å². The number of amides is 1. The molecule has 1 aliphatic rings. The van der Waals surface area contributed by atoms with E-state index in [1.807, 2.05) is 55.8 Å². The van der Waals surface area contributed by atoms with Gasteiger partial charge >= 0.3 is 0 Å². The number of hydrogen-bond acceptors (Lipinski definition) is 3. The lowest BCUT2D eigenvalue weighted by molar-refractivity contribution is 0.0248. The number of aliphatic hydroxyl groups excluding tert-OH is 1. The van der Waals surface area contributed by atoms with E-state index in [1.54, 1.807) is 4.90 Å². The molecule has 0 saturated carbocycles. The molecule has 0 aliphatic carbocycles. The summed E-state index contributed by atoms with van der Waals surface area (Å²) in [5.74, 6) is 0.239. The maximum Gasteiger partial charge on any atom is 0.253 e. The Labute approximate surface area is 136 Å². The van der Waals surface area contributed by atoms with E-state index < -0.39 is 6.10 Å². The molecule has 0 radical (unpaired) electrons. The second-order valence-corrected chi connectivity index (χ2v) is 6.47. The fourth-order valence-electron chi connectivity index (χ4n) is 3.05. The van der Waals surface area contributed by atoms with Gasteiger partial charge in [0.2, 0.25) is 0 Å². The van der Waals surface area contributed by atoms with Crippen LogP contribution >= 0.6 is 0 Å². The van der Waals surface area contributed by atoms with Gasteiger partial charge in [0.25, 0.3) is 5.91 Å². The Hall–Kier alpha value is -2.14. The number of piperidine rings is 1. The number of aliphatic hydroxyl groups is 1. The standard InChI is InChI=1S/C18H23N3O2/c1-12-8-9-20(11-17(12)22)18(23)15-4-6-16(7-5-15)21-14(3)10-13(2)19-21/h4-7,10,12,17,22H,8-9,11H2,1-3H3. The van der Waals surface area contributed by atoms with Crippen LogP contribution in [-0.4, -0.2) is 44.9 Å². The third kappa shape index (κ3) is 3.15. The van der Waals surface area contributed by atoms with E-state index in [2.05, 4.69) is 5.10 Å². The minimum absolute atomic E-state index is 0.0177. The van der Waals surface area contributed by atoms with Gasteiger partial charge in [0, 0.05) is 24.3 Å². The smallest absolute Gasteiger partial charge is 0.253 e. The van der Waals surface area contributed by atoms with Crippen LogP contribution in [0.15, 0.2) is 30.3 Å². The van der Waals surface area contributed by atoms with Crippen molar-refractivity contribution < 1.29 is 9.90 Å². The monoisotopic (exact) mass is 313 g/mol. The van der Waals surface area contributed by atoms with Crippen LogP contribution in [0.25, 0.3) is 5.69 Å². The average Bonchev–Trinajstić information content (AvgIpc) is 2.88. The largest absolute Gasteiger partial charge is 0.391 e. The van der Waals surface area contributed by atoms with Crippen LogP contribution in [-0.2, 0) is 0 Å². The molecule has 1 fully saturated rings. The predicted octanol–water partition coefficient (Wildman–Crippen LogP) is 2.33. The normalized spacial score (nSPS) is 21.5. The third-order valence-electron chi connectivity index (χ3n) is 4.57. The Morgan fingerprint density at radius 3 is 2.52 bits per heavy atom. The molecule has 1 amide bonds. The van der Waals surface area contributed by atoms with E-state index in [0.717, 1.165) is 23.5 Å². The van der Waals surface area contributed by atoms with Crippen molar-refractivity contribution in [2.75, 3.05) is 13.1 Å². The van der Waals surface area contributed by atoms with Crippen molar-refractivity contribution in [1.82, 2.24) is 14.7 Å². The number of rotatable bonds is 2. The van der Waals surface area contributed by atoms with Gasteiger partial charge < -0.3 is 10.0 Å². The molecule has 1 aliphatic heterocycles. The van der Waals surface area contributed by atoms with Crippen molar-refractivity contribution in [3.63, 3.8) is 0 Å². The minimum atomic E-state index is -0.429. The molecular weight excluding hydrogens is 290 g/mol. The van der Waals surface area contributed by atoms with Gasteiger partial charge in [-0.2, -0.15) is 5.10 Å². The number of nitrogens with zero attached hydrogens (tertiary/aromatic N) is 3. The lowest BCUT2D eigenvalue weighted by Crippen LogP contribution is -2.45. The topological polar surface area (TPSA) is 58.4 Å². The van der Waals surface area contributed by atoms with Crippen LogP contribution in [0.1, 0.15) is 35.1 Å². The maximum atomic E-state index is 12.6. The SMILES string of the molecule is Cc1cc(C)n(-c2ccc(C(=O)N3CCC(C)C(O)C3)cc2)n1. The van der Waals surface area contributed by atoms with E-state index in [-0.39, 0.29) is 11.8 Å². The van der Waals surface area contributed by atoms with Crippen molar-refractivity contribution in [2.24, 2.45) is 5.92 Å². The van der Waals surface area contributed by atoms with Gasteiger partial charge in [0.15, 0.2) is 0 Å². The summed E-state index contributed by atoms with van der Waals surface area (Å²) in [7, 11) is 0. The highest BCUT2D eigenvalue weighted by atomic mass is 16.3. The summed E-state index contributed by atoms with van der Waals surface area (Å²) in [5.41, 5.74) is 3.63. The molecule has 2 aromatic rings. The zero-order valence-corrected chi connectivity index (χ0v) is 13.9. The van der Waals surface area contributed by atoms with E-state index in [4.69, 9.17) is 0 Å². The Balaban J connectivity index is 1.77. The Morgan fingerprint density at radius 2 is 1.96 bits per heavy atom. The molecule has 2 heterocycles. The van der Waals surface area contributed by atoms with E-state index >= 15 is 0 Å². The van der Waals surface area contributed by atoms with Crippen molar-refractivity contribution in [1.29, 1.82) is 0 Å². The molecule has 5 nitrogen and oxygen atoms in total. The number of aryl methyl sites for hydroxylation is 2. The summed E-state index contributed by atoms with van der Waals surface area (Å²) >= 11 is 0. The average molecular weight is 313 g/mol. The van der Waals surface area contributed by atoms with Gasteiger partial charge in [-0.15, -0.1) is 0 Å². The number of aromatic nitrogens is 2. The molecule has 0 spiro atoms. The second kappa shape index (κ2) is 6.16. The molecule has 23 heavy (non-hydrogen) atoms. The second-order valence-electron chi connectivity index (χ2n) is 6.47.